The molecule has 0 saturated carbocycles. The number of methoxy groups -OCH3 is 1. The SMILES string of the molecule is COc1ccc(S(=O)(=O)N2CCCC2C(=O)Nc2nc3c(F)cccc3s2)cc1. The summed E-state index contributed by atoms with van der Waals surface area (Å²) >= 11 is 1.14. The smallest absolute Gasteiger partial charge is 0.244 e. The van der Waals surface area contributed by atoms with Gasteiger partial charge in [-0.3, -0.25) is 4.79 Å². The van der Waals surface area contributed by atoms with Gasteiger partial charge in [-0.25, -0.2) is 17.8 Å². The van der Waals surface area contributed by atoms with Crippen LogP contribution >= 0.6 is 11.3 Å². The number of anilines is 1. The molecule has 3 aromatic rings. The highest BCUT2D eigenvalue weighted by atomic mass is 32.2. The molecule has 10 heteroatoms. The number of nitrogens with one attached hydrogen (secondary N) is 1. The molecule has 1 unspecified atom stereocenters. The Morgan fingerprint density at radius 2 is 2.03 bits per heavy atom. The average Bonchev–Trinajstić information content (AvgIpc) is 3.36. The third-order valence-electron chi connectivity index (χ3n) is 4.77. The monoisotopic (exact) mass is 435 g/mol. The summed E-state index contributed by atoms with van der Waals surface area (Å²) in [7, 11) is -2.34. The normalized spacial score (nSPS) is 17.5. The third kappa shape index (κ3) is 3.70. The summed E-state index contributed by atoms with van der Waals surface area (Å²) in [6.45, 7) is 0.251. The van der Waals surface area contributed by atoms with Gasteiger partial charge in [0.25, 0.3) is 0 Å². The largest absolute Gasteiger partial charge is 0.497 e. The van der Waals surface area contributed by atoms with Crippen LogP contribution in [0.1, 0.15) is 12.8 Å². The minimum atomic E-state index is -3.84. The summed E-state index contributed by atoms with van der Waals surface area (Å²) < 4.78 is 46.8. The van der Waals surface area contributed by atoms with Crippen LogP contribution in [-0.2, 0) is 14.8 Å². The molecule has 1 aromatic heterocycles. The van der Waals surface area contributed by atoms with E-state index in [4.69, 9.17) is 4.74 Å². The van der Waals surface area contributed by atoms with Gasteiger partial charge >= 0.3 is 0 Å². The molecular formula is C19H18FN3O4S2. The van der Waals surface area contributed by atoms with Crippen molar-refractivity contribution in [3.05, 3.63) is 48.3 Å². The van der Waals surface area contributed by atoms with E-state index in [1.165, 1.54) is 29.6 Å². The van der Waals surface area contributed by atoms with Gasteiger partial charge in [0.1, 0.15) is 23.1 Å². The fraction of sp³-hybridized carbons (Fsp3) is 0.263. The number of sulfonamides is 1. The van der Waals surface area contributed by atoms with Crippen LogP contribution in [0.25, 0.3) is 10.2 Å². The molecule has 1 aliphatic heterocycles. The van der Waals surface area contributed by atoms with Crippen molar-refractivity contribution >= 4 is 42.6 Å². The Morgan fingerprint density at radius 1 is 1.28 bits per heavy atom. The van der Waals surface area contributed by atoms with Gasteiger partial charge < -0.3 is 10.1 Å². The molecule has 2 aromatic carbocycles. The molecule has 0 bridgehead atoms. The maximum Gasteiger partial charge on any atom is 0.244 e. The number of para-hydroxylation sites is 1. The van der Waals surface area contributed by atoms with Crippen LogP contribution in [-0.4, -0.2) is 43.3 Å². The number of nitrogens with zero attached hydrogens (tertiary/aromatic N) is 2. The van der Waals surface area contributed by atoms with E-state index in [0.717, 1.165) is 11.3 Å². The maximum atomic E-state index is 13.8. The number of thiazole rings is 1. The molecule has 1 saturated heterocycles. The summed E-state index contributed by atoms with van der Waals surface area (Å²) in [5, 5.41) is 2.89. The summed E-state index contributed by atoms with van der Waals surface area (Å²) in [6.07, 6.45) is 0.975. The molecule has 0 spiro atoms. The first-order valence-electron chi connectivity index (χ1n) is 8.92. The van der Waals surface area contributed by atoms with Gasteiger partial charge in [-0.15, -0.1) is 0 Å². The lowest BCUT2D eigenvalue weighted by atomic mass is 10.2. The lowest BCUT2D eigenvalue weighted by molar-refractivity contribution is -0.119. The molecule has 0 radical (unpaired) electrons. The number of benzene rings is 2. The number of carbonyl (C=O) groups is 1. The van der Waals surface area contributed by atoms with Crippen molar-refractivity contribution < 1.29 is 22.3 Å². The Morgan fingerprint density at radius 3 is 2.72 bits per heavy atom. The van der Waals surface area contributed by atoms with Crippen LogP contribution < -0.4 is 10.1 Å². The lowest BCUT2D eigenvalue weighted by Crippen LogP contribution is -2.43. The van der Waals surface area contributed by atoms with Gasteiger partial charge in [0.15, 0.2) is 5.13 Å². The highest BCUT2D eigenvalue weighted by Gasteiger charge is 2.39. The number of fused-ring (bicyclic) bond motifs is 1. The molecule has 152 valence electrons. The summed E-state index contributed by atoms with van der Waals surface area (Å²) in [4.78, 5) is 17.0. The van der Waals surface area contributed by atoms with E-state index >= 15 is 0 Å². The summed E-state index contributed by atoms with van der Waals surface area (Å²) in [5.41, 5.74) is 0.182. The van der Waals surface area contributed by atoms with Crippen LogP contribution in [0.5, 0.6) is 5.75 Å². The first kappa shape index (κ1) is 19.7. The fourth-order valence-electron chi connectivity index (χ4n) is 3.33. The minimum Gasteiger partial charge on any atom is -0.497 e. The summed E-state index contributed by atoms with van der Waals surface area (Å²) in [5.74, 6) is -0.398. The van der Waals surface area contributed by atoms with Crippen molar-refractivity contribution in [2.24, 2.45) is 0 Å². The molecule has 1 amide bonds. The first-order chi connectivity index (χ1) is 13.9. The highest BCUT2D eigenvalue weighted by molar-refractivity contribution is 7.89. The molecule has 1 atom stereocenters. The van der Waals surface area contributed by atoms with Crippen molar-refractivity contribution in [3.63, 3.8) is 0 Å². The highest BCUT2D eigenvalue weighted by Crippen LogP contribution is 2.30. The fourth-order valence-corrected chi connectivity index (χ4v) is 5.87. The van der Waals surface area contributed by atoms with Crippen LogP contribution in [0, 0.1) is 5.82 Å². The summed E-state index contributed by atoms with van der Waals surface area (Å²) in [6, 6.07) is 9.77. The molecular weight excluding hydrogens is 417 g/mol. The second kappa shape index (κ2) is 7.69. The Hall–Kier alpha value is -2.56. The number of ether oxygens (including phenoxy) is 1. The number of hydrogen-bond donors (Lipinski definition) is 1. The predicted molar refractivity (Wildman–Crippen MR) is 108 cm³/mol. The number of halogens is 1. The van der Waals surface area contributed by atoms with Crippen LogP contribution in [0.2, 0.25) is 0 Å². The second-order valence-electron chi connectivity index (χ2n) is 6.54. The molecule has 1 aliphatic rings. The first-order valence-corrected chi connectivity index (χ1v) is 11.2. The van der Waals surface area contributed by atoms with E-state index in [-0.39, 0.29) is 22.1 Å². The molecule has 29 heavy (non-hydrogen) atoms. The standard InChI is InChI=1S/C19H18FN3O4S2/c1-27-12-7-9-13(10-8-12)29(25,26)23-11-3-5-15(23)18(24)22-19-21-17-14(20)4-2-6-16(17)28-19/h2,4,6-10,15H,3,5,11H2,1H3,(H,21,22,24). The number of rotatable bonds is 5. The van der Waals surface area contributed by atoms with Crippen molar-refractivity contribution in [1.29, 1.82) is 0 Å². The van der Waals surface area contributed by atoms with Crippen LogP contribution in [0.15, 0.2) is 47.4 Å². The van der Waals surface area contributed by atoms with E-state index in [0.29, 0.717) is 23.3 Å². The Balaban J connectivity index is 1.56. The van der Waals surface area contributed by atoms with Gasteiger partial charge in [0, 0.05) is 6.54 Å². The zero-order valence-electron chi connectivity index (χ0n) is 15.5. The van der Waals surface area contributed by atoms with Gasteiger partial charge in [0.2, 0.25) is 15.9 Å². The molecule has 4 rings (SSSR count). The predicted octanol–water partition coefficient (Wildman–Crippen LogP) is 3.24. The quantitative estimate of drug-likeness (QED) is 0.665. The maximum absolute atomic E-state index is 13.8. The van der Waals surface area contributed by atoms with Gasteiger partial charge in [-0.05, 0) is 49.2 Å². The van der Waals surface area contributed by atoms with Crippen molar-refractivity contribution in [1.82, 2.24) is 9.29 Å². The van der Waals surface area contributed by atoms with Crippen molar-refractivity contribution in [3.8, 4) is 5.75 Å². The zero-order valence-corrected chi connectivity index (χ0v) is 17.1. The van der Waals surface area contributed by atoms with Gasteiger partial charge in [-0.2, -0.15) is 4.31 Å². The van der Waals surface area contributed by atoms with E-state index in [2.05, 4.69) is 10.3 Å². The topological polar surface area (TPSA) is 88.6 Å². The molecule has 1 N–H and O–H groups in total. The van der Waals surface area contributed by atoms with Gasteiger partial charge in [-0.1, -0.05) is 17.4 Å². The molecule has 2 heterocycles. The minimum absolute atomic E-state index is 0.0973. The third-order valence-corrected chi connectivity index (χ3v) is 7.63. The lowest BCUT2D eigenvalue weighted by Gasteiger charge is -2.23. The second-order valence-corrected chi connectivity index (χ2v) is 9.47. The van der Waals surface area contributed by atoms with Crippen molar-refractivity contribution in [2.45, 2.75) is 23.8 Å². The average molecular weight is 436 g/mol. The Labute approximate surface area is 171 Å². The number of amides is 1. The van der Waals surface area contributed by atoms with Crippen LogP contribution in [0.4, 0.5) is 9.52 Å². The van der Waals surface area contributed by atoms with Gasteiger partial charge in [0.05, 0.1) is 16.7 Å². The molecule has 7 nitrogen and oxygen atoms in total. The van der Waals surface area contributed by atoms with E-state index in [9.17, 15) is 17.6 Å². The van der Waals surface area contributed by atoms with Crippen LogP contribution in [0.3, 0.4) is 0 Å². The number of carbonyl (C=O) groups excluding carboxylic acids is 1. The van der Waals surface area contributed by atoms with Crippen molar-refractivity contribution in [2.75, 3.05) is 19.0 Å². The molecule has 1 fully saturated rings. The number of hydrogen-bond acceptors (Lipinski definition) is 6. The number of aromatic nitrogens is 1. The Bertz CT molecular complexity index is 1160. The van der Waals surface area contributed by atoms with E-state index in [1.807, 2.05) is 0 Å². The van der Waals surface area contributed by atoms with E-state index < -0.39 is 27.8 Å². The van der Waals surface area contributed by atoms with E-state index in [1.54, 1.807) is 24.3 Å². The zero-order chi connectivity index (χ0) is 20.6. The molecule has 0 aliphatic carbocycles. The Kier molecular flexibility index (Phi) is 5.24.